The van der Waals surface area contributed by atoms with Gasteiger partial charge in [0.1, 0.15) is 29.1 Å². The van der Waals surface area contributed by atoms with Gasteiger partial charge >= 0.3 is 5.91 Å². The molecule has 9 heteroatoms. The molecule has 1 saturated heterocycles. The van der Waals surface area contributed by atoms with Crippen LogP contribution in [0.1, 0.15) is 49.9 Å². The molecule has 1 N–H and O–H groups in total. The molecule has 2 aliphatic heterocycles. The van der Waals surface area contributed by atoms with E-state index in [0.717, 1.165) is 22.4 Å². The van der Waals surface area contributed by atoms with Gasteiger partial charge in [-0.25, -0.2) is 4.98 Å². The summed E-state index contributed by atoms with van der Waals surface area (Å²) in [7, 11) is 1.59. The van der Waals surface area contributed by atoms with Crippen LogP contribution in [0.25, 0.3) is 16.0 Å². The maximum Gasteiger partial charge on any atom is 0.301 e. The lowest BCUT2D eigenvalue weighted by Crippen LogP contribution is -2.29. The lowest BCUT2D eigenvalue weighted by molar-refractivity contribution is -0.132. The Morgan fingerprint density at radius 1 is 1.12 bits per heavy atom. The van der Waals surface area contributed by atoms with Gasteiger partial charge in [0.05, 0.1) is 35.5 Å². The number of aromatic nitrogens is 1. The zero-order chi connectivity index (χ0) is 29.5. The second kappa shape index (κ2) is 11.1. The third kappa shape index (κ3) is 5.09. The third-order valence-electron chi connectivity index (χ3n) is 7.54. The Labute approximate surface area is 248 Å². The van der Waals surface area contributed by atoms with Crippen LogP contribution in [0.5, 0.6) is 17.2 Å². The number of nitrogens with zero attached hydrogens (tertiary/aromatic N) is 2. The number of aliphatic hydroxyl groups excluding tert-OH is 1. The van der Waals surface area contributed by atoms with E-state index in [0.29, 0.717) is 52.2 Å². The van der Waals surface area contributed by atoms with E-state index in [-0.39, 0.29) is 17.4 Å². The van der Waals surface area contributed by atoms with Crippen molar-refractivity contribution in [1.29, 1.82) is 0 Å². The molecular weight excluding hydrogens is 552 g/mol. The average molecular weight is 585 g/mol. The van der Waals surface area contributed by atoms with E-state index < -0.39 is 17.7 Å². The minimum Gasteiger partial charge on any atom is -0.507 e. The molecule has 0 unspecified atom stereocenters. The van der Waals surface area contributed by atoms with E-state index in [9.17, 15) is 14.7 Å². The predicted octanol–water partition coefficient (Wildman–Crippen LogP) is 6.68. The van der Waals surface area contributed by atoms with Crippen LogP contribution in [0, 0.1) is 5.92 Å². The van der Waals surface area contributed by atoms with Crippen LogP contribution < -0.4 is 19.1 Å². The number of thiazole rings is 1. The topological polar surface area (TPSA) is 98.2 Å². The van der Waals surface area contributed by atoms with Crippen LogP contribution in [-0.4, -0.2) is 41.6 Å². The van der Waals surface area contributed by atoms with Crippen molar-refractivity contribution in [1.82, 2.24) is 4.98 Å². The van der Waals surface area contributed by atoms with E-state index in [1.54, 1.807) is 25.3 Å². The zero-order valence-electron chi connectivity index (χ0n) is 23.9. The van der Waals surface area contributed by atoms with Gasteiger partial charge < -0.3 is 19.3 Å². The Morgan fingerprint density at radius 2 is 1.95 bits per heavy atom. The molecule has 216 valence electrons. The van der Waals surface area contributed by atoms with Gasteiger partial charge in [-0.1, -0.05) is 37.3 Å². The molecule has 6 rings (SSSR count). The van der Waals surface area contributed by atoms with Gasteiger partial charge in [0.2, 0.25) is 0 Å². The number of ether oxygens (including phenoxy) is 3. The van der Waals surface area contributed by atoms with Crippen molar-refractivity contribution in [2.75, 3.05) is 18.6 Å². The van der Waals surface area contributed by atoms with Crippen molar-refractivity contribution in [3.63, 3.8) is 0 Å². The molecule has 4 aromatic rings. The molecule has 2 atom stereocenters. The molecule has 0 saturated carbocycles. The first-order valence-electron chi connectivity index (χ1n) is 14.0. The minimum atomic E-state index is -0.912. The molecule has 3 heterocycles. The summed E-state index contributed by atoms with van der Waals surface area (Å²) < 4.78 is 18.0. The van der Waals surface area contributed by atoms with Crippen LogP contribution in [-0.2, 0) is 16.0 Å². The summed E-state index contributed by atoms with van der Waals surface area (Å²) in [5.41, 5.74) is 2.71. The molecule has 1 aromatic heterocycles. The van der Waals surface area contributed by atoms with Crippen LogP contribution in [0.15, 0.2) is 66.2 Å². The summed E-state index contributed by atoms with van der Waals surface area (Å²) in [6, 6.07) is 17.2. The van der Waals surface area contributed by atoms with Crippen LogP contribution >= 0.6 is 11.3 Å². The van der Waals surface area contributed by atoms with Crippen LogP contribution in [0.2, 0.25) is 0 Å². The van der Waals surface area contributed by atoms with E-state index in [1.165, 1.54) is 16.2 Å². The normalized spacial score (nSPS) is 19.4. The van der Waals surface area contributed by atoms with Crippen molar-refractivity contribution in [3.05, 3.63) is 82.9 Å². The Balaban J connectivity index is 1.48. The van der Waals surface area contributed by atoms with Gasteiger partial charge in [-0.05, 0) is 78.9 Å². The smallest absolute Gasteiger partial charge is 0.301 e. The molecular formula is C33H32N2O6S. The maximum absolute atomic E-state index is 13.7. The first kappa shape index (κ1) is 27.8. The first-order valence-corrected chi connectivity index (χ1v) is 14.8. The number of benzene rings is 3. The van der Waals surface area contributed by atoms with E-state index >= 15 is 0 Å². The number of carbonyl (C=O) groups is 2. The Hall–Kier alpha value is -4.37. The Kier molecular flexibility index (Phi) is 7.36. The van der Waals surface area contributed by atoms with Crippen molar-refractivity contribution >= 4 is 44.1 Å². The predicted molar refractivity (Wildman–Crippen MR) is 163 cm³/mol. The Bertz CT molecular complexity index is 1720. The van der Waals surface area contributed by atoms with Crippen LogP contribution in [0.3, 0.4) is 0 Å². The number of carbonyl (C=O) groups excluding carboxylic acids is 2. The molecule has 3 aromatic carbocycles. The quantitative estimate of drug-likeness (QED) is 0.140. The fourth-order valence-electron chi connectivity index (χ4n) is 5.38. The highest BCUT2D eigenvalue weighted by Gasteiger charge is 2.48. The number of fused-ring (bicyclic) bond motifs is 2. The zero-order valence-corrected chi connectivity index (χ0v) is 24.7. The fourth-order valence-corrected chi connectivity index (χ4v) is 6.40. The summed E-state index contributed by atoms with van der Waals surface area (Å²) in [5, 5.41) is 12.0. The van der Waals surface area contributed by atoms with Crippen molar-refractivity contribution in [2.24, 2.45) is 5.92 Å². The molecule has 1 amide bonds. The van der Waals surface area contributed by atoms with Crippen molar-refractivity contribution in [3.8, 4) is 17.2 Å². The number of amides is 1. The molecule has 2 aliphatic rings. The highest BCUT2D eigenvalue weighted by Crippen LogP contribution is 2.45. The van der Waals surface area contributed by atoms with Crippen LogP contribution in [0.4, 0.5) is 5.13 Å². The summed E-state index contributed by atoms with van der Waals surface area (Å²) in [6.07, 6.45) is 1.61. The monoisotopic (exact) mass is 584 g/mol. The number of Topliss-reactive ketones (excluding diaryl/α,β-unsaturated/α-hetero) is 1. The molecule has 0 radical (unpaired) electrons. The number of methoxy groups -OCH3 is 1. The third-order valence-corrected chi connectivity index (χ3v) is 8.56. The maximum atomic E-state index is 13.7. The minimum absolute atomic E-state index is 0.00285. The number of hydrogen-bond acceptors (Lipinski definition) is 8. The fraction of sp³-hybridized carbons (Fsp3) is 0.303. The molecule has 0 spiro atoms. The van der Waals surface area contributed by atoms with Gasteiger partial charge in [-0.15, -0.1) is 0 Å². The van der Waals surface area contributed by atoms with Gasteiger partial charge in [0, 0.05) is 12.0 Å². The molecule has 0 bridgehead atoms. The van der Waals surface area contributed by atoms with E-state index in [1.807, 2.05) is 49.4 Å². The van der Waals surface area contributed by atoms with Gasteiger partial charge in [0.25, 0.3) is 5.78 Å². The summed E-state index contributed by atoms with van der Waals surface area (Å²) >= 11 is 1.29. The number of aliphatic hydroxyl groups is 1. The Morgan fingerprint density at radius 3 is 2.74 bits per heavy atom. The summed E-state index contributed by atoms with van der Waals surface area (Å²) in [4.78, 5) is 33.5. The highest BCUT2D eigenvalue weighted by molar-refractivity contribution is 7.22. The lowest BCUT2D eigenvalue weighted by atomic mass is 9.94. The van der Waals surface area contributed by atoms with Gasteiger partial charge in [-0.2, -0.15) is 0 Å². The highest BCUT2D eigenvalue weighted by atomic mass is 32.1. The average Bonchev–Trinajstić information content (AvgIpc) is 3.64. The number of ketones is 1. The molecule has 42 heavy (non-hydrogen) atoms. The lowest BCUT2D eigenvalue weighted by Gasteiger charge is -2.23. The summed E-state index contributed by atoms with van der Waals surface area (Å²) in [6.45, 7) is 6.78. The van der Waals surface area contributed by atoms with Gasteiger partial charge in [-0.3, -0.25) is 14.5 Å². The SMILES string of the molecule is COc1ccc2nc(N3C(=O)C(=O)/C(=C(/O)c4ccc5c(c4)C[C@@H](C)O5)[C@@H]3c3cccc(OCCC(C)C)c3)sc2c1. The van der Waals surface area contributed by atoms with E-state index in [4.69, 9.17) is 19.2 Å². The second-order valence-electron chi connectivity index (χ2n) is 11.1. The van der Waals surface area contributed by atoms with Crippen molar-refractivity contribution < 1.29 is 28.9 Å². The standard InChI is InChI=1S/C33H32N2O6S/c1-18(2)12-13-40-24-7-5-6-20(16-24)29-28(30(36)21-8-11-26-22(15-21)14-19(3)41-26)31(37)32(38)35(29)33-34-25-10-9-23(39-4)17-27(25)42-33/h5-11,15-19,29,36H,12-14H2,1-4H3/b30-28+/t19-,29+/m1/s1. The number of rotatable bonds is 8. The largest absolute Gasteiger partial charge is 0.507 e. The van der Waals surface area contributed by atoms with Crippen molar-refractivity contribution in [2.45, 2.75) is 45.8 Å². The molecule has 8 nitrogen and oxygen atoms in total. The second-order valence-corrected chi connectivity index (χ2v) is 12.1. The summed E-state index contributed by atoms with van der Waals surface area (Å²) in [5.74, 6) is 0.763. The molecule has 1 fully saturated rings. The first-order chi connectivity index (χ1) is 20.2. The molecule has 0 aliphatic carbocycles. The number of hydrogen-bond donors (Lipinski definition) is 1. The van der Waals surface area contributed by atoms with Gasteiger partial charge in [0.15, 0.2) is 5.13 Å². The van der Waals surface area contributed by atoms with E-state index in [2.05, 4.69) is 13.8 Å². The number of anilines is 1.